The van der Waals surface area contributed by atoms with E-state index in [4.69, 9.17) is 17.3 Å². The highest BCUT2D eigenvalue weighted by atomic mass is 35.5. The van der Waals surface area contributed by atoms with Gasteiger partial charge in [-0.1, -0.05) is 11.6 Å². The van der Waals surface area contributed by atoms with E-state index >= 15 is 0 Å². The smallest absolute Gasteiger partial charge is 0.374 e. The van der Waals surface area contributed by atoms with Crippen molar-refractivity contribution in [2.45, 2.75) is 18.9 Å². The average Bonchev–Trinajstić information content (AvgIpc) is 2.96. The van der Waals surface area contributed by atoms with Crippen molar-refractivity contribution in [3.05, 3.63) is 58.1 Å². The number of benzene rings is 1. The van der Waals surface area contributed by atoms with Gasteiger partial charge < -0.3 is 10.6 Å². The molecule has 6 nitrogen and oxygen atoms in total. The minimum absolute atomic E-state index is 0.256. The molecule has 0 saturated carbocycles. The van der Waals surface area contributed by atoms with Crippen LogP contribution in [-0.4, -0.2) is 29.2 Å². The SMILES string of the molecule is CNC1=C(C(F)(F)F)C=NC(N)(c2cnn(-c3ccc(Cl)cc3)c2C)N1. The summed E-state index contributed by atoms with van der Waals surface area (Å²) in [6.45, 7) is 1.75. The molecule has 138 valence electrons. The minimum Gasteiger partial charge on any atom is -0.374 e. The van der Waals surface area contributed by atoms with Crippen LogP contribution in [0.15, 0.2) is 46.8 Å². The van der Waals surface area contributed by atoms with Crippen molar-refractivity contribution in [2.24, 2.45) is 10.7 Å². The molecule has 0 fully saturated rings. The van der Waals surface area contributed by atoms with Gasteiger partial charge in [-0.05, 0) is 31.2 Å². The zero-order chi connectivity index (χ0) is 19.1. The molecule has 0 amide bonds. The maximum Gasteiger partial charge on any atom is 0.421 e. The number of rotatable bonds is 3. The Bertz CT molecular complexity index is 884. The summed E-state index contributed by atoms with van der Waals surface area (Å²) in [5.74, 6) is -1.84. The first-order valence-corrected chi connectivity index (χ1v) is 7.96. The lowest BCUT2D eigenvalue weighted by Crippen LogP contribution is -2.54. The molecule has 1 aromatic carbocycles. The zero-order valence-corrected chi connectivity index (χ0v) is 14.7. The number of aliphatic imine (C=N–C) groups is 1. The normalized spacial score (nSPS) is 20.3. The number of aromatic nitrogens is 2. The van der Waals surface area contributed by atoms with Crippen LogP contribution in [-0.2, 0) is 5.79 Å². The second kappa shape index (κ2) is 6.33. The van der Waals surface area contributed by atoms with Gasteiger partial charge in [0.15, 0.2) is 0 Å². The quantitative estimate of drug-likeness (QED) is 0.760. The third-order valence-corrected chi connectivity index (χ3v) is 4.28. The van der Waals surface area contributed by atoms with Crippen LogP contribution in [0.3, 0.4) is 0 Å². The van der Waals surface area contributed by atoms with Gasteiger partial charge in [-0.25, -0.2) is 9.67 Å². The molecule has 0 spiro atoms. The second-order valence-electron chi connectivity index (χ2n) is 5.72. The van der Waals surface area contributed by atoms with Gasteiger partial charge >= 0.3 is 6.18 Å². The van der Waals surface area contributed by atoms with Crippen LogP contribution < -0.4 is 16.4 Å². The second-order valence-corrected chi connectivity index (χ2v) is 6.15. The first kappa shape index (κ1) is 18.3. The van der Waals surface area contributed by atoms with Crippen LogP contribution in [0.4, 0.5) is 13.2 Å². The molecule has 1 aliphatic heterocycles. The van der Waals surface area contributed by atoms with Crippen LogP contribution in [0.2, 0.25) is 5.02 Å². The highest BCUT2D eigenvalue weighted by Gasteiger charge is 2.42. The monoisotopic (exact) mass is 384 g/mol. The Balaban J connectivity index is 1.99. The molecule has 10 heteroatoms. The molecule has 26 heavy (non-hydrogen) atoms. The van der Waals surface area contributed by atoms with Crippen LogP contribution in [0.5, 0.6) is 0 Å². The Labute approximate surface area is 152 Å². The molecule has 1 aliphatic rings. The standard InChI is InChI=1S/C16H16ClF3N6/c1-9-12(8-24-26(9)11-5-3-10(17)4-6-11)16(21)23-7-13(15(18,19)20)14(22-2)25-16/h3-8,22,25H,21H2,1-2H3. The summed E-state index contributed by atoms with van der Waals surface area (Å²) < 4.78 is 40.8. The van der Waals surface area contributed by atoms with E-state index in [1.165, 1.54) is 13.2 Å². The van der Waals surface area contributed by atoms with Crippen LogP contribution in [0.1, 0.15) is 11.3 Å². The summed E-state index contributed by atoms with van der Waals surface area (Å²) in [6, 6.07) is 6.97. The largest absolute Gasteiger partial charge is 0.421 e. The van der Waals surface area contributed by atoms with E-state index < -0.39 is 17.5 Å². The van der Waals surface area contributed by atoms with E-state index in [2.05, 4.69) is 20.7 Å². The summed E-state index contributed by atoms with van der Waals surface area (Å²) in [5.41, 5.74) is 7.13. The van der Waals surface area contributed by atoms with Gasteiger partial charge in [-0.15, -0.1) is 0 Å². The number of nitrogens with one attached hydrogen (secondary N) is 2. The fourth-order valence-electron chi connectivity index (χ4n) is 2.70. The van der Waals surface area contributed by atoms with E-state index in [9.17, 15) is 13.2 Å². The fraction of sp³-hybridized carbons (Fsp3) is 0.250. The molecule has 1 aromatic heterocycles. The summed E-state index contributed by atoms with van der Waals surface area (Å²) in [4.78, 5) is 3.91. The number of hydrogen-bond donors (Lipinski definition) is 3. The predicted octanol–water partition coefficient (Wildman–Crippen LogP) is 2.57. The van der Waals surface area contributed by atoms with Gasteiger partial charge in [0.1, 0.15) is 11.4 Å². The molecule has 0 aliphatic carbocycles. The molecule has 2 heterocycles. The highest BCUT2D eigenvalue weighted by Crippen LogP contribution is 2.32. The van der Waals surface area contributed by atoms with E-state index in [0.29, 0.717) is 16.3 Å². The average molecular weight is 385 g/mol. The number of nitrogens with two attached hydrogens (primary N) is 1. The first-order valence-electron chi connectivity index (χ1n) is 7.58. The van der Waals surface area contributed by atoms with Crippen LogP contribution >= 0.6 is 11.6 Å². The van der Waals surface area contributed by atoms with Crippen molar-refractivity contribution in [1.82, 2.24) is 20.4 Å². The third kappa shape index (κ3) is 3.15. The Kier molecular flexibility index (Phi) is 4.45. The van der Waals surface area contributed by atoms with Crippen molar-refractivity contribution in [3.63, 3.8) is 0 Å². The summed E-state index contributed by atoms with van der Waals surface area (Å²) in [6.07, 6.45) is -2.36. The highest BCUT2D eigenvalue weighted by molar-refractivity contribution is 6.30. The van der Waals surface area contributed by atoms with Gasteiger partial charge in [-0.2, -0.15) is 18.3 Å². The molecule has 4 N–H and O–H groups in total. The third-order valence-electron chi connectivity index (χ3n) is 4.03. The fourth-order valence-corrected chi connectivity index (χ4v) is 2.82. The van der Waals surface area contributed by atoms with Crippen LogP contribution in [0.25, 0.3) is 5.69 Å². The zero-order valence-electron chi connectivity index (χ0n) is 13.9. The Morgan fingerprint density at radius 2 is 1.92 bits per heavy atom. The van der Waals surface area contributed by atoms with Gasteiger partial charge in [0, 0.05) is 18.3 Å². The molecule has 3 rings (SSSR count). The van der Waals surface area contributed by atoms with Crippen molar-refractivity contribution < 1.29 is 13.2 Å². The number of hydrogen-bond acceptors (Lipinski definition) is 5. The molecule has 2 aromatic rings. The Hall–Kier alpha value is -2.52. The molecule has 1 atom stereocenters. The predicted molar refractivity (Wildman–Crippen MR) is 92.9 cm³/mol. The molecule has 0 radical (unpaired) electrons. The minimum atomic E-state index is -4.56. The number of nitrogens with zero attached hydrogens (tertiary/aromatic N) is 3. The maximum atomic E-state index is 13.1. The maximum absolute atomic E-state index is 13.1. The number of halogens is 4. The van der Waals surface area contributed by atoms with Gasteiger partial charge in [0.25, 0.3) is 0 Å². The molecular weight excluding hydrogens is 369 g/mol. The van der Waals surface area contributed by atoms with Crippen molar-refractivity contribution >= 4 is 17.8 Å². The lowest BCUT2D eigenvalue weighted by atomic mass is 10.1. The summed E-state index contributed by atoms with van der Waals surface area (Å²) in [5, 5.41) is 9.96. The first-order chi connectivity index (χ1) is 12.2. The van der Waals surface area contributed by atoms with E-state index in [1.807, 2.05) is 0 Å². The van der Waals surface area contributed by atoms with E-state index in [-0.39, 0.29) is 5.82 Å². The lowest BCUT2D eigenvalue weighted by molar-refractivity contribution is -0.0875. The van der Waals surface area contributed by atoms with Gasteiger partial charge in [-0.3, -0.25) is 5.73 Å². The van der Waals surface area contributed by atoms with Crippen molar-refractivity contribution in [2.75, 3.05) is 7.05 Å². The Morgan fingerprint density at radius 3 is 2.50 bits per heavy atom. The Morgan fingerprint density at radius 1 is 1.27 bits per heavy atom. The number of allylic oxidation sites excluding steroid dienone is 1. The molecule has 1 unspecified atom stereocenters. The number of alkyl halides is 3. The molecular formula is C16H16ClF3N6. The lowest BCUT2D eigenvalue weighted by Gasteiger charge is -2.33. The molecule has 0 bridgehead atoms. The van der Waals surface area contributed by atoms with E-state index in [0.717, 1.165) is 11.9 Å². The van der Waals surface area contributed by atoms with E-state index in [1.54, 1.807) is 35.9 Å². The topological polar surface area (TPSA) is 80.3 Å². The molecule has 0 saturated heterocycles. The van der Waals surface area contributed by atoms with Gasteiger partial charge in [0.2, 0.25) is 5.79 Å². The van der Waals surface area contributed by atoms with Crippen molar-refractivity contribution in [1.29, 1.82) is 0 Å². The van der Waals surface area contributed by atoms with Crippen molar-refractivity contribution in [3.8, 4) is 5.69 Å². The summed E-state index contributed by atoms with van der Waals surface area (Å²) in [7, 11) is 1.37. The van der Waals surface area contributed by atoms with Crippen LogP contribution in [0, 0.1) is 6.92 Å². The van der Waals surface area contributed by atoms with Gasteiger partial charge in [0.05, 0.1) is 23.1 Å². The summed E-state index contributed by atoms with van der Waals surface area (Å²) >= 11 is 5.89.